The summed E-state index contributed by atoms with van der Waals surface area (Å²) in [5.74, 6) is -0.122. The molecule has 1 fully saturated rings. The van der Waals surface area contributed by atoms with Crippen molar-refractivity contribution in [2.24, 2.45) is 0 Å². The molecule has 2 unspecified atom stereocenters. The van der Waals surface area contributed by atoms with E-state index in [1.807, 2.05) is 61.5 Å². The van der Waals surface area contributed by atoms with Crippen LogP contribution in [0.1, 0.15) is 53.6 Å². The molecule has 46 heavy (non-hydrogen) atoms. The number of rotatable bonds is 10. The van der Waals surface area contributed by atoms with Gasteiger partial charge in [0.1, 0.15) is 22.9 Å². The molecule has 0 bridgehead atoms. The van der Waals surface area contributed by atoms with E-state index in [2.05, 4.69) is 18.2 Å². The number of pyridine rings is 1. The molecule has 2 heterocycles. The molecule has 3 aromatic carbocycles. The average Bonchev–Trinajstić information content (AvgIpc) is 3.39. The number of benzene rings is 3. The van der Waals surface area contributed by atoms with Crippen molar-refractivity contribution >= 4 is 35.2 Å². The number of carbonyl (C=O) groups excluding carboxylic acids is 3. The normalized spacial score (nSPS) is 17.3. The van der Waals surface area contributed by atoms with Gasteiger partial charge in [0, 0.05) is 12.2 Å². The number of ether oxygens (including phenoxy) is 1. The Morgan fingerprint density at radius 3 is 2.43 bits per heavy atom. The van der Waals surface area contributed by atoms with Gasteiger partial charge >= 0.3 is 0 Å². The molecule has 1 aliphatic carbocycles. The number of aryl methyl sites for hydroxylation is 1. The van der Waals surface area contributed by atoms with Crippen molar-refractivity contribution in [1.29, 1.82) is 5.26 Å². The van der Waals surface area contributed by atoms with Gasteiger partial charge in [0.05, 0.1) is 30.0 Å². The molecule has 3 amide bonds. The summed E-state index contributed by atoms with van der Waals surface area (Å²) < 4.78 is 5.50. The molecular formula is C37H34N4O4S. The van der Waals surface area contributed by atoms with Crippen LogP contribution in [-0.4, -0.2) is 46.0 Å². The zero-order valence-corrected chi connectivity index (χ0v) is 26.4. The van der Waals surface area contributed by atoms with Gasteiger partial charge in [-0.05, 0) is 79.1 Å². The second-order valence-corrected chi connectivity index (χ2v) is 12.4. The quantitative estimate of drug-likeness (QED) is 0.155. The topological polar surface area (TPSA) is 104 Å². The Hall–Kier alpha value is -4.94. The Balaban J connectivity index is 1.21. The summed E-state index contributed by atoms with van der Waals surface area (Å²) in [7, 11) is 0. The van der Waals surface area contributed by atoms with Crippen LogP contribution in [0.25, 0.3) is 0 Å². The maximum absolute atomic E-state index is 13.9. The third kappa shape index (κ3) is 6.68. The van der Waals surface area contributed by atoms with E-state index in [0.717, 1.165) is 41.0 Å². The molecule has 8 nitrogen and oxygen atoms in total. The molecule has 9 heteroatoms. The fourth-order valence-corrected chi connectivity index (χ4v) is 7.06. The number of hydrogen-bond donors (Lipinski definition) is 0. The van der Waals surface area contributed by atoms with Crippen LogP contribution in [-0.2, 0) is 33.8 Å². The third-order valence-corrected chi connectivity index (χ3v) is 9.47. The molecular weight excluding hydrogens is 596 g/mol. The monoisotopic (exact) mass is 630 g/mol. The Morgan fingerprint density at radius 1 is 1.02 bits per heavy atom. The third-order valence-electron chi connectivity index (χ3n) is 8.50. The number of fused-ring (bicyclic) bond motifs is 1. The molecule has 1 aromatic heterocycles. The van der Waals surface area contributed by atoms with Crippen LogP contribution >= 0.6 is 11.8 Å². The minimum absolute atomic E-state index is 0.0268. The van der Waals surface area contributed by atoms with E-state index in [4.69, 9.17) is 9.72 Å². The number of carbonyl (C=O) groups is 3. The zero-order chi connectivity index (χ0) is 32.0. The smallest absolute Gasteiger partial charge is 0.257 e. The van der Waals surface area contributed by atoms with Crippen molar-refractivity contribution in [2.75, 3.05) is 17.3 Å². The van der Waals surface area contributed by atoms with Crippen molar-refractivity contribution in [2.45, 2.75) is 56.1 Å². The molecule has 232 valence electrons. The van der Waals surface area contributed by atoms with E-state index in [9.17, 15) is 19.6 Å². The number of hydrogen-bond acceptors (Lipinski definition) is 7. The number of anilines is 1. The van der Waals surface area contributed by atoms with E-state index in [1.165, 1.54) is 22.2 Å². The summed E-state index contributed by atoms with van der Waals surface area (Å²) in [6.45, 7) is 2.56. The molecule has 0 N–H and O–H groups in total. The van der Waals surface area contributed by atoms with E-state index < -0.39 is 11.9 Å². The van der Waals surface area contributed by atoms with E-state index >= 15 is 0 Å². The van der Waals surface area contributed by atoms with Crippen LogP contribution in [0.4, 0.5) is 5.69 Å². The van der Waals surface area contributed by atoms with Gasteiger partial charge in [0.25, 0.3) is 5.91 Å². The van der Waals surface area contributed by atoms with Crippen LogP contribution < -0.4 is 9.64 Å². The Morgan fingerprint density at radius 2 is 1.74 bits per heavy atom. The van der Waals surface area contributed by atoms with Gasteiger partial charge < -0.3 is 9.64 Å². The molecule has 0 spiro atoms. The van der Waals surface area contributed by atoms with Gasteiger partial charge in [0.15, 0.2) is 0 Å². The minimum Gasteiger partial charge on any atom is -0.494 e. The maximum atomic E-state index is 13.9. The number of nitriles is 1. The minimum atomic E-state index is -0.950. The molecule has 1 saturated heterocycles. The van der Waals surface area contributed by atoms with Crippen LogP contribution in [0.3, 0.4) is 0 Å². The zero-order valence-electron chi connectivity index (χ0n) is 25.6. The van der Waals surface area contributed by atoms with Gasteiger partial charge in [-0.2, -0.15) is 5.26 Å². The highest BCUT2D eigenvalue weighted by atomic mass is 32.2. The van der Waals surface area contributed by atoms with Crippen LogP contribution in [0.5, 0.6) is 5.75 Å². The SMILES string of the molecule is CCOc1ccc(N2C(=O)CC(N(Cc3ccccc3)C(=O)CSc3nc4c(cc3C#N)CC(c3ccccc3)CC4)C2=O)cc1. The van der Waals surface area contributed by atoms with Crippen molar-refractivity contribution < 1.29 is 19.1 Å². The Labute approximate surface area is 273 Å². The maximum Gasteiger partial charge on any atom is 0.257 e. The summed E-state index contributed by atoms with van der Waals surface area (Å²) in [6.07, 6.45) is 2.46. The van der Waals surface area contributed by atoms with Gasteiger partial charge in [-0.25, -0.2) is 9.88 Å². The highest BCUT2D eigenvalue weighted by Gasteiger charge is 2.44. The summed E-state index contributed by atoms with van der Waals surface area (Å²) in [5.41, 5.74) is 5.04. The summed E-state index contributed by atoms with van der Waals surface area (Å²) >= 11 is 1.20. The van der Waals surface area contributed by atoms with Gasteiger partial charge in [-0.15, -0.1) is 0 Å². The van der Waals surface area contributed by atoms with Crippen LogP contribution in [0, 0.1) is 11.3 Å². The summed E-state index contributed by atoms with van der Waals surface area (Å²) in [6, 6.07) is 29.8. The first kappa shape index (κ1) is 31.1. The predicted molar refractivity (Wildman–Crippen MR) is 176 cm³/mol. The number of thioether (sulfide) groups is 1. The second-order valence-electron chi connectivity index (χ2n) is 11.4. The van der Waals surface area contributed by atoms with E-state index in [0.29, 0.717) is 34.6 Å². The van der Waals surface area contributed by atoms with Gasteiger partial charge in [0.2, 0.25) is 11.8 Å². The largest absolute Gasteiger partial charge is 0.494 e. The molecule has 0 radical (unpaired) electrons. The lowest BCUT2D eigenvalue weighted by Crippen LogP contribution is -2.45. The predicted octanol–water partition coefficient (Wildman–Crippen LogP) is 6.08. The fraction of sp³-hybridized carbons (Fsp3) is 0.270. The van der Waals surface area contributed by atoms with Crippen molar-refractivity contribution in [3.63, 3.8) is 0 Å². The number of imide groups is 1. The van der Waals surface area contributed by atoms with Crippen LogP contribution in [0.15, 0.2) is 96.0 Å². The molecule has 4 aromatic rings. The first-order chi connectivity index (χ1) is 22.4. The molecule has 6 rings (SSSR count). The lowest BCUT2D eigenvalue weighted by Gasteiger charge is -2.28. The first-order valence-corrected chi connectivity index (χ1v) is 16.5. The van der Waals surface area contributed by atoms with Crippen LogP contribution in [0.2, 0.25) is 0 Å². The van der Waals surface area contributed by atoms with Gasteiger partial charge in [-0.1, -0.05) is 72.4 Å². The van der Waals surface area contributed by atoms with E-state index in [-0.39, 0.29) is 30.5 Å². The first-order valence-electron chi connectivity index (χ1n) is 15.5. The highest BCUT2D eigenvalue weighted by molar-refractivity contribution is 8.00. The number of aromatic nitrogens is 1. The second kappa shape index (κ2) is 14.0. The lowest BCUT2D eigenvalue weighted by atomic mass is 9.82. The fourth-order valence-electron chi connectivity index (χ4n) is 6.20. The average molecular weight is 631 g/mol. The van der Waals surface area contributed by atoms with Crippen molar-refractivity contribution in [3.05, 3.63) is 119 Å². The molecule has 2 aliphatic rings. The van der Waals surface area contributed by atoms with Gasteiger partial charge in [-0.3, -0.25) is 14.4 Å². The highest BCUT2D eigenvalue weighted by Crippen LogP contribution is 2.35. The van der Waals surface area contributed by atoms with E-state index in [1.54, 1.807) is 24.3 Å². The standard InChI is InChI=1S/C37H34N4O4S/c1-2-45-31-16-14-30(15-17-31)41-34(42)21-33(37(41)44)40(23-25-9-5-3-6-10-25)35(43)24-46-36-29(22-38)20-28-19-27(13-18-32(28)39-36)26-11-7-4-8-12-26/h3-12,14-17,20,27,33H,2,13,18-19,21,23-24H2,1H3. The van der Waals surface area contributed by atoms with Crippen molar-refractivity contribution in [3.8, 4) is 11.8 Å². The summed E-state index contributed by atoms with van der Waals surface area (Å²) in [5, 5.41) is 10.5. The molecule has 2 atom stereocenters. The lowest BCUT2D eigenvalue weighted by molar-refractivity contribution is -0.136. The van der Waals surface area contributed by atoms with Crippen molar-refractivity contribution in [1.82, 2.24) is 9.88 Å². The summed E-state index contributed by atoms with van der Waals surface area (Å²) in [4.78, 5) is 48.3. The number of nitrogens with zero attached hydrogens (tertiary/aromatic N) is 4. The molecule has 1 aliphatic heterocycles. The Kier molecular flexibility index (Phi) is 9.46. The Bertz CT molecular complexity index is 1770. The molecule has 0 saturated carbocycles. The number of amides is 3.